The molecule has 0 aromatic carbocycles. The molecule has 0 aromatic heterocycles. The lowest BCUT2D eigenvalue weighted by molar-refractivity contribution is 0.0749. The molecular weight excluding hydrogens is 174 g/mol. The summed E-state index contributed by atoms with van der Waals surface area (Å²) < 4.78 is 5.37. The summed E-state index contributed by atoms with van der Waals surface area (Å²) in [5.74, 6) is 0.777. The van der Waals surface area contributed by atoms with Crippen LogP contribution >= 0.6 is 0 Å². The summed E-state index contributed by atoms with van der Waals surface area (Å²) in [6.45, 7) is 2.60. The second-order valence-corrected chi connectivity index (χ2v) is 4.16. The Kier molecular flexibility index (Phi) is 3.38. The fourth-order valence-electron chi connectivity index (χ4n) is 2.28. The summed E-state index contributed by atoms with van der Waals surface area (Å²) in [7, 11) is 0. The normalized spacial score (nSPS) is 24.4. The molecule has 0 saturated carbocycles. The van der Waals surface area contributed by atoms with Crippen molar-refractivity contribution < 1.29 is 4.74 Å². The minimum atomic E-state index is 0.720. The Morgan fingerprint density at radius 1 is 1.21 bits per heavy atom. The lowest BCUT2D eigenvalue weighted by atomic mass is 9.85. The molecule has 2 nitrogen and oxygen atoms in total. The van der Waals surface area contributed by atoms with Crippen LogP contribution in [0.1, 0.15) is 25.7 Å². The van der Waals surface area contributed by atoms with E-state index in [0.717, 1.165) is 25.7 Å². The Morgan fingerprint density at radius 3 is 2.57 bits per heavy atom. The van der Waals surface area contributed by atoms with Gasteiger partial charge in [-0.3, -0.25) is 0 Å². The monoisotopic (exact) mass is 193 g/mol. The zero-order valence-electron chi connectivity index (χ0n) is 8.67. The zero-order valence-corrected chi connectivity index (χ0v) is 8.67. The van der Waals surface area contributed by atoms with Crippen molar-refractivity contribution in [3.05, 3.63) is 23.3 Å². The van der Waals surface area contributed by atoms with Crippen LogP contribution in [0.25, 0.3) is 0 Å². The molecule has 0 amide bonds. The molecule has 78 valence electrons. The highest BCUT2D eigenvalue weighted by molar-refractivity contribution is 5.26. The average molecular weight is 193 g/mol. The van der Waals surface area contributed by atoms with Crippen LogP contribution in [0.3, 0.4) is 0 Å². The van der Waals surface area contributed by atoms with E-state index in [0.29, 0.717) is 0 Å². The third kappa shape index (κ3) is 2.25. The summed E-state index contributed by atoms with van der Waals surface area (Å²) in [4.78, 5) is 0. The summed E-state index contributed by atoms with van der Waals surface area (Å²) in [6, 6.07) is 0. The molecule has 2 aliphatic rings. The Bertz CT molecular complexity index is 249. The Labute approximate surface area is 85.8 Å². The van der Waals surface area contributed by atoms with Crippen LogP contribution in [0.2, 0.25) is 0 Å². The predicted molar refractivity (Wildman–Crippen MR) is 58.0 cm³/mol. The third-order valence-corrected chi connectivity index (χ3v) is 3.28. The van der Waals surface area contributed by atoms with E-state index in [2.05, 4.69) is 12.2 Å². The molecule has 1 saturated heterocycles. The number of rotatable bonds is 2. The standard InChI is InChI=1S/C12H19NO/c13-9-10-1-3-11(4-2-10)12-5-7-14-8-6-12/h1,3,12H,2,4-9,13H2. The second kappa shape index (κ2) is 4.76. The van der Waals surface area contributed by atoms with Crippen LogP contribution in [0.4, 0.5) is 0 Å². The summed E-state index contributed by atoms with van der Waals surface area (Å²) in [5.41, 5.74) is 8.62. The van der Waals surface area contributed by atoms with Crippen molar-refractivity contribution in [3.63, 3.8) is 0 Å². The van der Waals surface area contributed by atoms with Gasteiger partial charge in [0.2, 0.25) is 0 Å². The van der Waals surface area contributed by atoms with Gasteiger partial charge in [-0.15, -0.1) is 0 Å². The molecule has 2 heteroatoms. The molecule has 2 N–H and O–H groups in total. The molecule has 1 fully saturated rings. The summed E-state index contributed by atoms with van der Waals surface area (Å²) in [6.07, 6.45) is 9.30. The maximum absolute atomic E-state index is 5.61. The van der Waals surface area contributed by atoms with E-state index >= 15 is 0 Å². The van der Waals surface area contributed by atoms with Crippen LogP contribution in [-0.2, 0) is 4.74 Å². The smallest absolute Gasteiger partial charge is 0.0471 e. The second-order valence-electron chi connectivity index (χ2n) is 4.16. The van der Waals surface area contributed by atoms with Gasteiger partial charge in [0.1, 0.15) is 0 Å². The van der Waals surface area contributed by atoms with Crippen molar-refractivity contribution in [2.24, 2.45) is 11.7 Å². The van der Waals surface area contributed by atoms with Crippen LogP contribution in [0, 0.1) is 5.92 Å². The Balaban J connectivity index is 1.97. The lowest BCUT2D eigenvalue weighted by Crippen LogP contribution is -2.18. The molecular formula is C12H19NO. The highest BCUT2D eigenvalue weighted by Crippen LogP contribution is 2.30. The van der Waals surface area contributed by atoms with Gasteiger partial charge >= 0.3 is 0 Å². The number of hydrogen-bond acceptors (Lipinski definition) is 2. The topological polar surface area (TPSA) is 35.2 Å². The highest BCUT2D eigenvalue weighted by atomic mass is 16.5. The minimum Gasteiger partial charge on any atom is -0.381 e. The molecule has 14 heavy (non-hydrogen) atoms. The lowest BCUT2D eigenvalue weighted by Gasteiger charge is -2.26. The van der Waals surface area contributed by atoms with Gasteiger partial charge in [0.05, 0.1) is 0 Å². The molecule has 0 aromatic rings. The van der Waals surface area contributed by atoms with E-state index in [1.807, 2.05) is 0 Å². The SMILES string of the molecule is NCC1=CC=C(C2CCOCC2)CC1. The van der Waals surface area contributed by atoms with Crippen molar-refractivity contribution in [2.75, 3.05) is 19.8 Å². The maximum Gasteiger partial charge on any atom is 0.0471 e. The summed E-state index contributed by atoms with van der Waals surface area (Å²) in [5, 5.41) is 0. The molecule has 2 rings (SSSR count). The van der Waals surface area contributed by atoms with Gasteiger partial charge < -0.3 is 10.5 Å². The molecule has 1 aliphatic heterocycles. The molecule has 0 unspecified atom stereocenters. The molecule has 1 aliphatic carbocycles. The first kappa shape index (κ1) is 9.94. The van der Waals surface area contributed by atoms with Gasteiger partial charge in [0.15, 0.2) is 0 Å². The van der Waals surface area contributed by atoms with Gasteiger partial charge in [-0.25, -0.2) is 0 Å². The van der Waals surface area contributed by atoms with Crippen LogP contribution < -0.4 is 5.73 Å². The van der Waals surface area contributed by atoms with Crippen molar-refractivity contribution in [1.82, 2.24) is 0 Å². The number of nitrogens with two attached hydrogens (primary N) is 1. The predicted octanol–water partition coefficient (Wildman–Crippen LogP) is 2.02. The maximum atomic E-state index is 5.61. The van der Waals surface area contributed by atoms with E-state index in [-0.39, 0.29) is 0 Å². The van der Waals surface area contributed by atoms with Crippen molar-refractivity contribution in [2.45, 2.75) is 25.7 Å². The van der Waals surface area contributed by atoms with Gasteiger partial charge in [0, 0.05) is 19.8 Å². The summed E-state index contributed by atoms with van der Waals surface area (Å²) >= 11 is 0. The van der Waals surface area contributed by atoms with E-state index in [4.69, 9.17) is 10.5 Å². The van der Waals surface area contributed by atoms with Crippen LogP contribution in [0.5, 0.6) is 0 Å². The van der Waals surface area contributed by atoms with E-state index in [1.54, 1.807) is 5.57 Å². The van der Waals surface area contributed by atoms with Crippen LogP contribution in [0.15, 0.2) is 23.3 Å². The van der Waals surface area contributed by atoms with Gasteiger partial charge in [-0.2, -0.15) is 0 Å². The fraction of sp³-hybridized carbons (Fsp3) is 0.667. The van der Waals surface area contributed by atoms with E-state index in [1.165, 1.54) is 31.3 Å². The number of allylic oxidation sites excluding steroid dienone is 3. The average Bonchev–Trinajstić information content (AvgIpc) is 2.30. The number of ether oxygens (including phenoxy) is 1. The molecule has 1 heterocycles. The first-order valence-electron chi connectivity index (χ1n) is 5.56. The fourth-order valence-corrected chi connectivity index (χ4v) is 2.28. The van der Waals surface area contributed by atoms with Gasteiger partial charge in [-0.05, 0) is 31.6 Å². The van der Waals surface area contributed by atoms with Crippen molar-refractivity contribution >= 4 is 0 Å². The van der Waals surface area contributed by atoms with E-state index in [9.17, 15) is 0 Å². The highest BCUT2D eigenvalue weighted by Gasteiger charge is 2.19. The molecule has 0 atom stereocenters. The van der Waals surface area contributed by atoms with E-state index < -0.39 is 0 Å². The molecule has 0 spiro atoms. The Morgan fingerprint density at radius 2 is 2.00 bits per heavy atom. The van der Waals surface area contributed by atoms with Gasteiger partial charge in [-0.1, -0.05) is 23.3 Å². The molecule has 0 radical (unpaired) electrons. The van der Waals surface area contributed by atoms with Gasteiger partial charge in [0.25, 0.3) is 0 Å². The Hall–Kier alpha value is -0.600. The first-order chi connectivity index (χ1) is 6.90. The first-order valence-corrected chi connectivity index (χ1v) is 5.56. The quantitative estimate of drug-likeness (QED) is 0.728. The third-order valence-electron chi connectivity index (χ3n) is 3.28. The van der Waals surface area contributed by atoms with Crippen molar-refractivity contribution in [1.29, 1.82) is 0 Å². The molecule has 0 bridgehead atoms. The van der Waals surface area contributed by atoms with Crippen molar-refractivity contribution in [3.8, 4) is 0 Å². The number of hydrogen-bond donors (Lipinski definition) is 1. The van der Waals surface area contributed by atoms with Crippen LogP contribution in [-0.4, -0.2) is 19.8 Å². The zero-order chi connectivity index (χ0) is 9.80. The largest absolute Gasteiger partial charge is 0.381 e. The minimum absolute atomic E-state index is 0.720.